The molecule has 3 N–H and O–H groups in total. The Morgan fingerprint density at radius 1 is 1.02 bits per heavy atom. The minimum atomic E-state index is -3.81. The fraction of sp³-hybridized carbons (Fsp3) is 0.500. The van der Waals surface area contributed by atoms with Crippen LogP contribution >= 0.6 is 0 Å². The molecule has 1 saturated heterocycles. The summed E-state index contributed by atoms with van der Waals surface area (Å²) in [6, 6.07) is 22.9. The summed E-state index contributed by atoms with van der Waals surface area (Å²) in [5.74, 6) is 2.35. The van der Waals surface area contributed by atoms with Crippen molar-refractivity contribution in [1.82, 2.24) is 14.9 Å². The molecule has 49 heavy (non-hydrogen) atoms. The lowest BCUT2D eigenvalue weighted by Crippen LogP contribution is -2.59. The topological polar surface area (TPSA) is 104 Å². The van der Waals surface area contributed by atoms with Crippen LogP contribution in [0.15, 0.2) is 88.4 Å². The molecule has 0 spiro atoms. The van der Waals surface area contributed by atoms with Gasteiger partial charge in [0, 0.05) is 23.4 Å². The first-order valence-corrected chi connectivity index (χ1v) is 19.4. The smallest absolute Gasteiger partial charge is 0.240 e. The van der Waals surface area contributed by atoms with Crippen LogP contribution in [0.2, 0.25) is 0 Å². The number of fused-ring (bicyclic) bond motifs is 2. The summed E-state index contributed by atoms with van der Waals surface area (Å²) < 4.78 is 39.5. The first-order valence-electron chi connectivity index (χ1n) is 17.9. The number of hydrogen-bond acceptors (Lipinski definition) is 7. The van der Waals surface area contributed by atoms with Crippen molar-refractivity contribution < 1.29 is 22.7 Å². The molecular weight excluding hydrogens is 635 g/mol. The number of furan rings is 1. The highest BCUT2D eigenvalue weighted by Gasteiger charge is 2.53. The number of aliphatic hydroxyl groups is 1. The molecule has 2 fully saturated rings. The van der Waals surface area contributed by atoms with Crippen LogP contribution in [0.5, 0.6) is 5.75 Å². The number of benzene rings is 3. The Morgan fingerprint density at radius 3 is 2.61 bits per heavy atom. The Kier molecular flexibility index (Phi) is 11.2. The van der Waals surface area contributed by atoms with Crippen molar-refractivity contribution >= 4 is 21.0 Å². The summed E-state index contributed by atoms with van der Waals surface area (Å²) in [5.41, 5.74) is 5.25. The van der Waals surface area contributed by atoms with E-state index in [-0.39, 0.29) is 4.90 Å². The van der Waals surface area contributed by atoms with Crippen molar-refractivity contribution in [1.29, 1.82) is 0 Å². The molecule has 0 radical (unpaired) electrons. The molecule has 9 heteroatoms. The average Bonchev–Trinajstić information content (AvgIpc) is 3.58. The van der Waals surface area contributed by atoms with E-state index < -0.39 is 22.2 Å². The second-order valence-corrected chi connectivity index (χ2v) is 16.4. The van der Waals surface area contributed by atoms with Crippen molar-refractivity contribution in [2.75, 3.05) is 33.8 Å². The van der Waals surface area contributed by atoms with E-state index in [2.05, 4.69) is 54.0 Å². The Hall–Kier alpha value is -3.21. The van der Waals surface area contributed by atoms with Crippen LogP contribution in [0.4, 0.5) is 0 Å². The molecule has 264 valence electrons. The average molecular weight is 688 g/mol. The number of hydrogen-bond donors (Lipinski definition) is 3. The highest BCUT2D eigenvalue weighted by atomic mass is 32.2. The number of nitrogens with zero attached hydrogens (tertiary/aromatic N) is 1. The van der Waals surface area contributed by atoms with Gasteiger partial charge in [-0.2, -0.15) is 0 Å². The standard InChI is InChI=1S/C22H28N2O4S.C18H25NO/c1-16(2)14-23-15-21(25)20(12-17-6-4-3-5-7-17)24-29(26,27)19-8-9-22-18(13-19)10-11-28-22;1-19-10-9-18-8-4-3-5-15(18)17(19)11-13-6-7-14(20-2)12-16(13)18/h3-11,13,16,20-21,23-25H,12,14-15H2,1-2H3;6-7,12,15,17H,3-5,8-11H2,1-2H3/t20-,21+;15-,17+,18+/m01/s1. The molecule has 3 aromatic carbocycles. The van der Waals surface area contributed by atoms with Crippen LogP contribution in [0.25, 0.3) is 11.0 Å². The monoisotopic (exact) mass is 687 g/mol. The molecule has 1 aromatic heterocycles. The van der Waals surface area contributed by atoms with E-state index >= 15 is 0 Å². The van der Waals surface area contributed by atoms with E-state index in [0.29, 0.717) is 35.3 Å². The zero-order valence-corrected chi connectivity index (χ0v) is 30.2. The number of sulfonamides is 1. The summed E-state index contributed by atoms with van der Waals surface area (Å²) in [6.07, 6.45) is 9.26. The van der Waals surface area contributed by atoms with E-state index in [4.69, 9.17) is 9.15 Å². The maximum Gasteiger partial charge on any atom is 0.240 e. The summed E-state index contributed by atoms with van der Waals surface area (Å²) in [7, 11) is 0.306. The molecule has 0 unspecified atom stereocenters. The molecule has 4 aromatic rings. The van der Waals surface area contributed by atoms with Gasteiger partial charge in [-0.1, -0.05) is 63.1 Å². The second-order valence-electron chi connectivity index (χ2n) is 14.7. The van der Waals surface area contributed by atoms with Gasteiger partial charge in [-0.05, 0) is 117 Å². The predicted octanol–water partition coefficient (Wildman–Crippen LogP) is 6.31. The van der Waals surface area contributed by atoms with E-state index in [1.165, 1.54) is 57.4 Å². The third kappa shape index (κ3) is 7.92. The summed E-state index contributed by atoms with van der Waals surface area (Å²) in [4.78, 5) is 2.77. The summed E-state index contributed by atoms with van der Waals surface area (Å²) in [6.45, 7) is 6.47. The third-order valence-corrected chi connectivity index (χ3v) is 12.5. The largest absolute Gasteiger partial charge is 0.497 e. The number of piperidine rings is 1. The normalized spacial score (nSPS) is 23.2. The fourth-order valence-electron chi connectivity index (χ4n) is 8.47. The Morgan fingerprint density at radius 2 is 1.84 bits per heavy atom. The zero-order valence-electron chi connectivity index (χ0n) is 29.4. The van der Waals surface area contributed by atoms with E-state index in [1.54, 1.807) is 36.4 Å². The summed E-state index contributed by atoms with van der Waals surface area (Å²) >= 11 is 0. The van der Waals surface area contributed by atoms with Crippen LogP contribution in [0.3, 0.4) is 0 Å². The third-order valence-electron chi connectivity index (χ3n) is 11.0. The number of ether oxygens (including phenoxy) is 1. The maximum absolute atomic E-state index is 13.0. The van der Waals surface area contributed by atoms with Gasteiger partial charge in [-0.25, -0.2) is 13.1 Å². The van der Waals surface area contributed by atoms with Crippen LogP contribution in [-0.4, -0.2) is 70.4 Å². The predicted molar refractivity (Wildman–Crippen MR) is 196 cm³/mol. The molecular formula is C40H53N3O5S. The molecule has 0 amide bonds. The Bertz CT molecular complexity index is 1790. The van der Waals surface area contributed by atoms with Crippen LogP contribution in [-0.2, 0) is 28.3 Å². The van der Waals surface area contributed by atoms with Crippen molar-refractivity contribution in [3.8, 4) is 5.75 Å². The molecule has 3 aliphatic rings. The van der Waals surface area contributed by atoms with Gasteiger partial charge < -0.3 is 24.5 Å². The first kappa shape index (κ1) is 35.6. The molecule has 5 atom stereocenters. The van der Waals surface area contributed by atoms with Crippen LogP contribution < -0.4 is 14.8 Å². The van der Waals surface area contributed by atoms with Gasteiger partial charge in [-0.15, -0.1) is 0 Å². The minimum Gasteiger partial charge on any atom is -0.497 e. The van der Waals surface area contributed by atoms with Gasteiger partial charge >= 0.3 is 0 Å². The molecule has 2 heterocycles. The second kappa shape index (κ2) is 15.4. The van der Waals surface area contributed by atoms with Crippen molar-refractivity contribution in [2.24, 2.45) is 11.8 Å². The Labute approximate surface area is 292 Å². The highest BCUT2D eigenvalue weighted by molar-refractivity contribution is 7.89. The van der Waals surface area contributed by atoms with Gasteiger partial charge in [-0.3, -0.25) is 0 Å². The molecule has 2 aliphatic carbocycles. The minimum absolute atomic E-state index is 0.145. The van der Waals surface area contributed by atoms with Gasteiger partial charge in [0.1, 0.15) is 11.3 Å². The molecule has 2 bridgehead atoms. The summed E-state index contributed by atoms with van der Waals surface area (Å²) in [5, 5.41) is 14.6. The van der Waals surface area contributed by atoms with Crippen molar-refractivity contribution in [3.63, 3.8) is 0 Å². The zero-order chi connectivity index (χ0) is 34.6. The number of nitrogens with one attached hydrogen (secondary N) is 2. The number of likely N-dealkylation sites (tertiary alicyclic amines) is 1. The van der Waals surface area contributed by atoms with Crippen LogP contribution in [0, 0.1) is 11.8 Å². The lowest BCUT2D eigenvalue weighted by Gasteiger charge is -2.58. The Balaban J connectivity index is 0.000000181. The molecule has 8 nitrogen and oxygen atoms in total. The van der Waals surface area contributed by atoms with E-state index in [9.17, 15) is 13.5 Å². The van der Waals surface area contributed by atoms with Crippen molar-refractivity contribution in [3.05, 3.63) is 95.7 Å². The van der Waals surface area contributed by atoms with Crippen LogP contribution in [0.1, 0.15) is 62.6 Å². The lowest BCUT2D eigenvalue weighted by molar-refractivity contribution is 0.00274. The van der Waals surface area contributed by atoms with Gasteiger partial charge in [0.05, 0.1) is 30.4 Å². The maximum atomic E-state index is 13.0. The molecule has 7 rings (SSSR count). The van der Waals surface area contributed by atoms with Gasteiger partial charge in [0.2, 0.25) is 10.0 Å². The van der Waals surface area contributed by atoms with Crippen molar-refractivity contribution in [2.45, 2.75) is 87.3 Å². The first-order chi connectivity index (χ1) is 23.6. The highest BCUT2D eigenvalue weighted by Crippen LogP contribution is 2.55. The quantitative estimate of drug-likeness (QED) is 0.170. The molecule has 1 saturated carbocycles. The number of rotatable bonds is 11. The molecule has 1 aliphatic heterocycles. The SMILES string of the molecule is CC(C)CNC[C@@H](O)[C@H](Cc1ccccc1)NS(=O)(=O)c1ccc2occc2c1.COc1ccc2c(c1)[C@]13CCCC[C@@H]1[C@H](C2)N(C)CC3. The lowest BCUT2D eigenvalue weighted by atomic mass is 9.52. The van der Waals surface area contributed by atoms with Gasteiger partial charge in [0.25, 0.3) is 0 Å². The fourth-order valence-corrected chi connectivity index (χ4v) is 9.77. The number of aliphatic hydroxyl groups excluding tert-OH is 1. The number of likely N-dealkylation sites (N-methyl/N-ethyl adjacent to an activating group) is 1. The van der Waals surface area contributed by atoms with Gasteiger partial charge in [0.15, 0.2) is 0 Å². The number of methoxy groups -OCH3 is 1. The van der Waals surface area contributed by atoms with E-state index in [1.807, 2.05) is 30.3 Å². The van der Waals surface area contributed by atoms with E-state index in [0.717, 1.165) is 29.8 Å².